The van der Waals surface area contributed by atoms with Gasteiger partial charge in [0, 0.05) is 6.61 Å². The molecule has 4 nitrogen and oxygen atoms in total. The normalized spacial score (nSPS) is 17.0. The Kier molecular flexibility index (Phi) is 8.97. The van der Waals surface area contributed by atoms with Gasteiger partial charge in [0.25, 0.3) is 0 Å². The van der Waals surface area contributed by atoms with Crippen molar-refractivity contribution in [3.05, 3.63) is 0 Å². The second-order valence-electron chi connectivity index (χ2n) is 4.65. The third-order valence-electron chi connectivity index (χ3n) is 2.53. The number of nitrogens with zero attached hydrogens (tertiary/aromatic N) is 1. The predicted octanol–water partition coefficient (Wildman–Crippen LogP) is 3.76. The van der Waals surface area contributed by atoms with Gasteiger partial charge >= 0.3 is 18.5 Å². The number of rotatable bonds is 9. The van der Waals surface area contributed by atoms with Crippen molar-refractivity contribution < 1.29 is 53.7 Å². The summed E-state index contributed by atoms with van der Waals surface area (Å²) in [7, 11) is 0. The fraction of sp³-hybridized carbons (Fsp3) is 0.917. The molecule has 3 atom stereocenters. The number of nitriles is 1. The molecule has 0 saturated heterocycles. The summed E-state index contributed by atoms with van der Waals surface area (Å²) in [5.74, 6) is 0. The molecule has 0 aliphatic rings. The minimum absolute atomic E-state index is 0.147. The van der Waals surface area contributed by atoms with Gasteiger partial charge in [0.15, 0.2) is 12.2 Å². The Bertz CT molecular complexity index is 428. The predicted molar refractivity (Wildman–Crippen MR) is 63.3 cm³/mol. The molecule has 0 bridgehead atoms. The molecule has 0 aromatic rings. The highest BCUT2D eigenvalue weighted by molar-refractivity contribution is 4.90. The van der Waals surface area contributed by atoms with Crippen LogP contribution >= 0.6 is 0 Å². The van der Waals surface area contributed by atoms with Crippen molar-refractivity contribution in [1.29, 1.82) is 5.26 Å². The average molecular weight is 391 g/mol. The van der Waals surface area contributed by atoms with Crippen LogP contribution in [0.1, 0.15) is 13.3 Å². The second-order valence-corrected chi connectivity index (χ2v) is 4.65. The molecule has 0 aromatic heterocycles. The smallest absolute Gasteiger partial charge is 0.366 e. The van der Waals surface area contributed by atoms with E-state index in [2.05, 4.69) is 14.2 Å². The highest BCUT2D eigenvalue weighted by Crippen LogP contribution is 2.29. The van der Waals surface area contributed by atoms with Crippen LogP contribution in [0.4, 0.5) is 39.5 Å². The molecular weight excluding hydrogens is 377 g/mol. The number of ether oxygens (including phenoxy) is 3. The average Bonchev–Trinajstić information content (AvgIpc) is 2.41. The van der Waals surface area contributed by atoms with Crippen LogP contribution in [0.2, 0.25) is 0 Å². The molecule has 148 valence electrons. The molecule has 0 aromatic carbocycles. The first-order chi connectivity index (χ1) is 11.2. The van der Waals surface area contributed by atoms with E-state index in [0.717, 1.165) is 0 Å². The van der Waals surface area contributed by atoms with E-state index in [1.165, 1.54) is 6.92 Å². The molecule has 0 aliphatic carbocycles. The van der Waals surface area contributed by atoms with E-state index in [1.807, 2.05) is 0 Å². The van der Waals surface area contributed by atoms with Crippen molar-refractivity contribution in [2.24, 2.45) is 0 Å². The van der Waals surface area contributed by atoms with Crippen molar-refractivity contribution in [3.8, 4) is 6.07 Å². The summed E-state index contributed by atoms with van der Waals surface area (Å²) in [6.07, 6.45) is -24.4. The van der Waals surface area contributed by atoms with Crippen LogP contribution in [-0.2, 0) is 14.2 Å². The summed E-state index contributed by atoms with van der Waals surface area (Å²) >= 11 is 0. The Morgan fingerprint density at radius 3 is 1.56 bits per heavy atom. The Labute approximate surface area is 136 Å². The monoisotopic (exact) mass is 391 g/mol. The first-order valence-electron chi connectivity index (χ1n) is 6.68. The zero-order valence-corrected chi connectivity index (χ0v) is 12.6. The zero-order valence-electron chi connectivity index (χ0n) is 12.6. The van der Waals surface area contributed by atoms with Gasteiger partial charge in [-0.25, -0.2) is 0 Å². The minimum atomic E-state index is -5.31. The van der Waals surface area contributed by atoms with Crippen LogP contribution in [0.5, 0.6) is 0 Å². The minimum Gasteiger partial charge on any atom is -0.366 e. The summed E-state index contributed by atoms with van der Waals surface area (Å²) < 4.78 is 125. The number of hydrogen-bond acceptors (Lipinski definition) is 4. The lowest BCUT2D eigenvalue weighted by molar-refractivity contribution is -0.279. The molecule has 0 amide bonds. The molecule has 25 heavy (non-hydrogen) atoms. The molecular formula is C12H14F9NO3. The molecule has 0 aliphatic heterocycles. The van der Waals surface area contributed by atoms with Gasteiger partial charge in [0.1, 0.15) is 6.07 Å². The maximum absolute atomic E-state index is 12.7. The Morgan fingerprint density at radius 2 is 1.20 bits per heavy atom. The third-order valence-corrected chi connectivity index (χ3v) is 2.53. The topological polar surface area (TPSA) is 51.5 Å². The molecule has 0 saturated carbocycles. The van der Waals surface area contributed by atoms with Gasteiger partial charge in [0.05, 0.1) is 13.2 Å². The van der Waals surface area contributed by atoms with Crippen LogP contribution in [0.3, 0.4) is 0 Å². The van der Waals surface area contributed by atoms with Crippen molar-refractivity contribution in [2.75, 3.05) is 19.8 Å². The van der Waals surface area contributed by atoms with E-state index in [-0.39, 0.29) is 6.42 Å². The Hall–Kier alpha value is -1.26. The highest BCUT2D eigenvalue weighted by Gasteiger charge is 2.47. The lowest BCUT2D eigenvalue weighted by Gasteiger charge is -2.26. The van der Waals surface area contributed by atoms with Gasteiger partial charge in [-0.15, -0.1) is 0 Å². The van der Waals surface area contributed by atoms with E-state index in [9.17, 15) is 39.5 Å². The van der Waals surface area contributed by atoms with Gasteiger partial charge in [0.2, 0.25) is 6.10 Å². The van der Waals surface area contributed by atoms with Crippen molar-refractivity contribution in [3.63, 3.8) is 0 Å². The molecule has 13 heteroatoms. The summed E-state index contributed by atoms with van der Waals surface area (Å²) in [5, 5.41) is 8.21. The van der Waals surface area contributed by atoms with E-state index in [0.29, 0.717) is 6.07 Å². The number of alkyl halides is 9. The summed E-state index contributed by atoms with van der Waals surface area (Å²) in [6.45, 7) is -2.36. The lowest BCUT2D eigenvalue weighted by Crippen LogP contribution is -2.44. The third kappa shape index (κ3) is 9.13. The molecule has 0 fully saturated rings. The van der Waals surface area contributed by atoms with Gasteiger partial charge in [-0.05, 0) is 6.42 Å². The standard InChI is InChI=1S/C12H14F9NO3/c1-2-3-23-8(11(16,17)18)5-25-9(12(19,20)21)6-24-7(4-22)10(13,14)15/h7-9H,2-3,5-6H2,1H3. The van der Waals surface area contributed by atoms with E-state index < -0.39 is 56.7 Å². The number of hydrogen-bond donors (Lipinski definition) is 0. The van der Waals surface area contributed by atoms with E-state index >= 15 is 0 Å². The van der Waals surface area contributed by atoms with Gasteiger partial charge in [-0.3, -0.25) is 0 Å². The Balaban J connectivity index is 4.92. The lowest BCUT2D eigenvalue weighted by atomic mass is 10.3. The maximum Gasteiger partial charge on any atom is 0.428 e. The fourth-order valence-electron chi connectivity index (χ4n) is 1.33. The van der Waals surface area contributed by atoms with Crippen LogP contribution in [0, 0.1) is 11.3 Å². The molecule has 0 N–H and O–H groups in total. The SMILES string of the molecule is CCCOC(COC(COC(C#N)C(F)(F)F)C(F)(F)F)C(F)(F)F. The second kappa shape index (κ2) is 9.44. The van der Waals surface area contributed by atoms with Gasteiger partial charge in [-0.2, -0.15) is 44.8 Å². The summed E-state index contributed by atoms with van der Waals surface area (Å²) in [4.78, 5) is 0. The molecule has 0 radical (unpaired) electrons. The van der Waals surface area contributed by atoms with E-state index in [4.69, 9.17) is 5.26 Å². The molecule has 0 spiro atoms. The van der Waals surface area contributed by atoms with Crippen LogP contribution in [0.15, 0.2) is 0 Å². The van der Waals surface area contributed by atoms with Crippen molar-refractivity contribution in [2.45, 2.75) is 50.2 Å². The number of halogens is 9. The van der Waals surface area contributed by atoms with Crippen molar-refractivity contribution in [1.82, 2.24) is 0 Å². The molecule has 0 rings (SSSR count). The summed E-state index contributed by atoms with van der Waals surface area (Å²) in [6, 6.07) is 0.591. The van der Waals surface area contributed by atoms with Crippen molar-refractivity contribution >= 4 is 0 Å². The first-order valence-corrected chi connectivity index (χ1v) is 6.68. The maximum atomic E-state index is 12.7. The summed E-state index contributed by atoms with van der Waals surface area (Å²) in [5.41, 5.74) is 0. The van der Waals surface area contributed by atoms with E-state index in [1.54, 1.807) is 0 Å². The zero-order chi connectivity index (χ0) is 19.9. The van der Waals surface area contributed by atoms with Gasteiger partial charge < -0.3 is 14.2 Å². The fourth-order valence-corrected chi connectivity index (χ4v) is 1.33. The van der Waals surface area contributed by atoms with Crippen LogP contribution in [-0.4, -0.2) is 56.7 Å². The van der Waals surface area contributed by atoms with Crippen LogP contribution in [0.25, 0.3) is 0 Å². The quantitative estimate of drug-likeness (QED) is 0.562. The Morgan fingerprint density at radius 1 is 0.760 bits per heavy atom. The largest absolute Gasteiger partial charge is 0.428 e. The van der Waals surface area contributed by atoms with Crippen LogP contribution < -0.4 is 0 Å². The molecule has 3 unspecified atom stereocenters. The first kappa shape index (κ1) is 23.7. The van der Waals surface area contributed by atoms with Gasteiger partial charge in [-0.1, -0.05) is 6.92 Å². The molecule has 0 heterocycles. The highest BCUT2D eigenvalue weighted by atomic mass is 19.4.